The second-order valence-corrected chi connectivity index (χ2v) is 5.54. The molecule has 0 aromatic heterocycles. The highest BCUT2D eigenvalue weighted by atomic mass is 79.9. The summed E-state index contributed by atoms with van der Waals surface area (Å²) < 4.78 is 13.7. The van der Waals surface area contributed by atoms with Crippen LogP contribution >= 0.6 is 27.5 Å². The second kappa shape index (κ2) is 7.74. The molecule has 0 aliphatic carbocycles. The van der Waals surface area contributed by atoms with Crippen LogP contribution in [0, 0.1) is 11.7 Å². The van der Waals surface area contributed by atoms with Crippen LogP contribution in [0.1, 0.15) is 30.1 Å². The van der Waals surface area contributed by atoms with E-state index in [0.717, 1.165) is 12.8 Å². The SMILES string of the molecule is CC(CCl)CCCNC(=O)c1cc(F)cc(Br)c1. The maximum atomic E-state index is 13.1. The number of hydrogen-bond acceptors (Lipinski definition) is 1. The molecular weight excluding hydrogens is 321 g/mol. The van der Waals surface area contributed by atoms with Crippen molar-refractivity contribution in [3.05, 3.63) is 34.1 Å². The number of carbonyl (C=O) groups is 1. The molecule has 0 heterocycles. The number of nitrogens with one attached hydrogen (secondary N) is 1. The molecule has 1 unspecified atom stereocenters. The molecule has 0 spiro atoms. The van der Waals surface area contributed by atoms with E-state index in [1.165, 1.54) is 12.1 Å². The first-order valence-electron chi connectivity index (χ1n) is 5.83. The molecule has 0 saturated heterocycles. The lowest BCUT2D eigenvalue weighted by Gasteiger charge is -2.08. The van der Waals surface area contributed by atoms with Gasteiger partial charge in [0.25, 0.3) is 5.91 Å². The van der Waals surface area contributed by atoms with Gasteiger partial charge in [0, 0.05) is 22.5 Å². The standard InChI is InChI=1S/C13H16BrClFNO/c1-9(8-15)3-2-4-17-13(18)10-5-11(14)7-12(16)6-10/h5-7,9H,2-4,8H2,1H3,(H,17,18). The second-order valence-electron chi connectivity index (χ2n) is 4.32. The van der Waals surface area contributed by atoms with Crippen LogP contribution in [0.5, 0.6) is 0 Å². The zero-order valence-electron chi connectivity index (χ0n) is 10.2. The van der Waals surface area contributed by atoms with Crippen molar-refractivity contribution in [2.75, 3.05) is 12.4 Å². The van der Waals surface area contributed by atoms with Gasteiger partial charge >= 0.3 is 0 Å². The van der Waals surface area contributed by atoms with Gasteiger partial charge in [-0.1, -0.05) is 22.9 Å². The third-order valence-corrected chi connectivity index (χ3v) is 3.53. The van der Waals surface area contributed by atoms with E-state index in [1.807, 2.05) is 0 Å². The summed E-state index contributed by atoms with van der Waals surface area (Å²) in [6, 6.07) is 4.14. The first-order valence-corrected chi connectivity index (χ1v) is 7.16. The molecule has 0 aliphatic rings. The van der Waals surface area contributed by atoms with Crippen LogP contribution in [0.4, 0.5) is 4.39 Å². The van der Waals surface area contributed by atoms with E-state index in [-0.39, 0.29) is 5.91 Å². The number of hydrogen-bond donors (Lipinski definition) is 1. The molecule has 1 aromatic carbocycles. The first-order chi connectivity index (χ1) is 8.52. The summed E-state index contributed by atoms with van der Waals surface area (Å²) in [7, 11) is 0. The highest BCUT2D eigenvalue weighted by molar-refractivity contribution is 9.10. The maximum absolute atomic E-state index is 13.1. The van der Waals surface area contributed by atoms with Crippen LogP contribution < -0.4 is 5.32 Å². The number of halogens is 3. The van der Waals surface area contributed by atoms with E-state index in [2.05, 4.69) is 28.2 Å². The Labute approximate surface area is 120 Å². The summed E-state index contributed by atoms with van der Waals surface area (Å²) in [6.45, 7) is 2.65. The largest absolute Gasteiger partial charge is 0.352 e. The summed E-state index contributed by atoms with van der Waals surface area (Å²) in [4.78, 5) is 11.7. The average molecular weight is 337 g/mol. The van der Waals surface area contributed by atoms with Crippen molar-refractivity contribution in [2.24, 2.45) is 5.92 Å². The van der Waals surface area contributed by atoms with Crippen molar-refractivity contribution >= 4 is 33.4 Å². The summed E-state index contributed by atoms with van der Waals surface area (Å²) in [5, 5.41) is 2.76. The fourth-order valence-electron chi connectivity index (χ4n) is 1.52. The molecule has 0 bridgehead atoms. The normalized spacial score (nSPS) is 12.2. The number of alkyl halides is 1. The Balaban J connectivity index is 2.41. The predicted octanol–water partition coefficient (Wildman–Crippen LogP) is 3.97. The molecule has 0 saturated carbocycles. The third-order valence-electron chi connectivity index (χ3n) is 2.55. The molecule has 1 aromatic rings. The van der Waals surface area contributed by atoms with Crippen LogP contribution in [-0.4, -0.2) is 18.3 Å². The van der Waals surface area contributed by atoms with E-state index in [1.54, 1.807) is 6.07 Å². The van der Waals surface area contributed by atoms with Gasteiger partial charge in [0.15, 0.2) is 0 Å². The molecule has 0 radical (unpaired) electrons. The van der Waals surface area contributed by atoms with Crippen molar-refractivity contribution in [3.63, 3.8) is 0 Å². The molecule has 1 N–H and O–H groups in total. The zero-order valence-corrected chi connectivity index (χ0v) is 12.5. The summed E-state index contributed by atoms with van der Waals surface area (Å²) >= 11 is 8.85. The van der Waals surface area contributed by atoms with Crippen LogP contribution in [0.15, 0.2) is 22.7 Å². The Bertz CT molecular complexity index is 394. The van der Waals surface area contributed by atoms with Gasteiger partial charge in [0.05, 0.1) is 0 Å². The molecule has 2 nitrogen and oxygen atoms in total. The maximum Gasteiger partial charge on any atom is 0.251 e. The van der Waals surface area contributed by atoms with Gasteiger partial charge < -0.3 is 5.32 Å². The molecule has 5 heteroatoms. The molecule has 1 amide bonds. The quantitative estimate of drug-likeness (QED) is 0.618. The fraction of sp³-hybridized carbons (Fsp3) is 0.462. The van der Waals surface area contributed by atoms with Crippen molar-refractivity contribution in [1.82, 2.24) is 5.32 Å². The van der Waals surface area contributed by atoms with Gasteiger partial charge in [0.1, 0.15) is 5.82 Å². The van der Waals surface area contributed by atoms with E-state index in [4.69, 9.17) is 11.6 Å². The smallest absolute Gasteiger partial charge is 0.251 e. The van der Waals surface area contributed by atoms with E-state index < -0.39 is 5.82 Å². The minimum Gasteiger partial charge on any atom is -0.352 e. The first kappa shape index (κ1) is 15.4. The van der Waals surface area contributed by atoms with Gasteiger partial charge in [-0.05, 0) is 37.0 Å². The molecule has 18 heavy (non-hydrogen) atoms. The monoisotopic (exact) mass is 335 g/mol. The Hall–Kier alpha value is -0.610. The van der Waals surface area contributed by atoms with Gasteiger partial charge in [-0.15, -0.1) is 11.6 Å². The van der Waals surface area contributed by atoms with Crippen molar-refractivity contribution in [1.29, 1.82) is 0 Å². The number of amides is 1. The predicted molar refractivity (Wildman–Crippen MR) is 75.6 cm³/mol. The lowest BCUT2D eigenvalue weighted by atomic mass is 10.1. The summed E-state index contributed by atoms with van der Waals surface area (Å²) in [6.07, 6.45) is 1.84. The summed E-state index contributed by atoms with van der Waals surface area (Å²) in [5.74, 6) is 0.399. The topological polar surface area (TPSA) is 29.1 Å². The Morgan fingerprint density at radius 1 is 1.50 bits per heavy atom. The van der Waals surface area contributed by atoms with E-state index >= 15 is 0 Å². The number of carbonyl (C=O) groups excluding carboxylic acids is 1. The number of rotatable bonds is 6. The Morgan fingerprint density at radius 3 is 2.83 bits per heavy atom. The van der Waals surface area contributed by atoms with E-state index in [9.17, 15) is 9.18 Å². The lowest BCUT2D eigenvalue weighted by Crippen LogP contribution is -2.25. The van der Waals surface area contributed by atoms with Gasteiger partial charge in [-0.3, -0.25) is 4.79 Å². The van der Waals surface area contributed by atoms with Crippen molar-refractivity contribution in [2.45, 2.75) is 19.8 Å². The molecule has 1 rings (SSSR count). The van der Waals surface area contributed by atoms with Crippen molar-refractivity contribution in [3.8, 4) is 0 Å². The molecule has 100 valence electrons. The van der Waals surface area contributed by atoms with Crippen LogP contribution in [0.2, 0.25) is 0 Å². The van der Waals surface area contributed by atoms with Crippen LogP contribution in [-0.2, 0) is 0 Å². The molecular formula is C13H16BrClFNO. The average Bonchev–Trinajstić information content (AvgIpc) is 2.32. The molecule has 0 fully saturated rings. The van der Waals surface area contributed by atoms with Crippen LogP contribution in [0.3, 0.4) is 0 Å². The highest BCUT2D eigenvalue weighted by Gasteiger charge is 2.08. The Morgan fingerprint density at radius 2 is 2.22 bits per heavy atom. The van der Waals surface area contributed by atoms with Crippen molar-refractivity contribution < 1.29 is 9.18 Å². The minimum atomic E-state index is -0.426. The van der Waals surface area contributed by atoms with E-state index in [0.29, 0.717) is 28.4 Å². The van der Waals surface area contributed by atoms with Crippen LogP contribution in [0.25, 0.3) is 0 Å². The minimum absolute atomic E-state index is 0.256. The summed E-state index contributed by atoms with van der Waals surface area (Å²) in [5.41, 5.74) is 0.326. The molecule has 0 aliphatic heterocycles. The molecule has 1 atom stereocenters. The third kappa shape index (κ3) is 5.36. The zero-order chi connectivity index (χ0) is 13.5. The number of benzene rings is 1. The van der Waals surface area contributed by atoms with Gasteiger partial charge in [-0.25, -0.2) is 4.39 Å². The highest BCUT2D eigenvalue weighted by Crippen LogP contribution is 2.14. The Kier molecular flexibility index (Phi) is 6.65. The van der Waals surface area contributed by atoms with Gasteiger partial charge in [-0.2, -0.15) is 0 Å². The fourth-order valence-corrected chi connectivity index (χ4v) is 2.14. The van der Waals surface area contributed by atoms with Gasteiger partial charge in [0.2, 0.25) is 0 Å². The lowest BCUT2D eigenvalue weighted by molar-refractivity contribution is 0.0952.